The molecule has 0 aromatic carbocycles. The standard InChI is InChI=1S/C13H21NO3S/c1-2-9-7-10(11(8-9)13(16)17)12(15)14-3-5-18-6-4-14/h9-11H,2-8H2,1H3,(H,16,17)/t9?,10-,11+/m0/s1. The van der Waals surface area contributed by atoms with Gasteiger partial charge in [-0.15, -0.1) is 0 Å². The topological polar surface area (TPSA) is 57.6 Å². The molecule has 0 radical (unpaired) electrons. The molecule has 1 N–H and O–H groups in total. The van der Waals surface area contributed by atoms with E-state index in [2.05, 4.69) is 6.92 Å². The summed E-state index contributed by atoms with van der Waals surface area (Å²) in [6, 6.07) is 0. The smallest absolute Gasteiger partial charge is 0.307 e. The number of carboxylic acids is 1. The molecular formula is C13H21NO3S. The van der Waals surface area contributed by atoms with Gasteiger partial charge in [0.25, 0.3) is 0 Å². The van der Waals surface area contributed by atoms with Crippen LogP contribution in [0.25, 0.3) is 0 Å². The van der Waals surface area contributed by atoms with Crippen molar-refractivity contribution in [3.05, 3.63) is 0 Å². The Hall–Kier alpha value is -0.710. The zero-order chi connectivity index (χ0) is 13.1. The largest absolute Gasteiger partial charge is 0.481 e. The molecule has 2 aliphatic rings. The summed E-state index contributed by atoms with van der Waals surface area (Å²) in [6.45, 7) is 3.64. The molecule has 0 aromatic heterocycles. The number of aliphatic carboxylic acids is 1. The predicted octanol–water partition coefficient (Wildman–Crippen LogP) is 1.70. The Morgan fingerprint density at radius 1 is 1.22 bits per heavy atom. The molecule has 0 aromatic rings. The lowest BCUT2D eigenvalue weighted by atomic mass is 9.94. The zero-order valence-electron chi connectivity index (χ0n) is 10.8. The highest BCUT2D eigenvalue weighted by atomic mass is 32.2. The Morgan fingerprint density at radius 2 is 1.83 bits per heavy atom. The fourth-order valence-electron chi connectivity index (χ4n) is 3.04. The molecule has 1 aliphatic heterocycles. The van der Waals surface area contributed by atoms with Gasteiger partial charge in [-0.25, -0.2) is 0 Å². The lowest BCUT2D eigenvalue weighted by Gasteiger charge is -2.30. The van der Waals surface area contributed by atoms with Crippen LogP contribution in [0.15, 0.2) is 0 Å². The third kappa shape index (κ3) is 2.82. The summed E-state index contributed by atoms with van der Waals surface area (Å²) in [7, 11) is 0. The first-order chi connectivity index (χ1) is 8.63. The number of rotatable bonds is 3. The van der Waals surface area contributed by atoms with E-state index in [0.717, 1.165) is 37.4 Å². The van der Waals surface area contributed by atoms with Gasteiger partial charge in [0.05, 0.1) is 11.8 Å². The number of hydrogen-bond donors (Lipinski definition) is 1. The average Bonchev–Trinajstić information content (AvgIpc) is 2.83. The summed E-state index contributed by atoms with van der Waals surface area (Å²) < 4.78 is 0. The summed E-state index contributed by atoms with van der Waals surface area (Å²) in [4.78, 5) is 25.6. The Bertz CT molecular complexity index is 328. The zero-order valence-corrected chi connectivity index (χ0v) is 11.6. The monoisotopic (exact) mass is 271 g/mol. The predicted molar refractivity (Wildman–Crippen MR) is 71.5 cm³/mol. The molecular weight excluding hydrogens is 250 g/mol. The number of nitrogens with zero attached hydrogens (tertiary/aromatic N) is 1. The SMILES string of the molecule is CCC1C[C@H](C(=O)N2CCSCC2)[C@H](C(=O)O)C1. The highest BCUT2D eigenvalue weighted by molar-refractivity contribution is 7.99. The first-order valence-electron chi connectivity index (χ1n) is 6.72. The summed E-state index contributed by atoms with van der Waals surface area (Å²) in [5, 5.41) is 9.27. The minimum Gasteiger partial charge on any atom is -0.481 e. The van der Waals surface area contributed by atoms with Gasteiger partial charge in [0.2, 0.25) is 5.91 Å². The number of thioether (sulfide) groups is 1. The Balaban J connectivity index is 2.04. The van der Waals surface area contributed by atoms with Crippen LogP contribution in [-0.4, -0.2) is 46.5 Å². The molecule has 1 heterocycles. The van der Waals surface area contributed by atoms with Crippen molar-refractivity contribution in [1.82, 2.24) is 4.90 Å². The first kappa shape index (κ1) is 13.7. The van der Waals surface area contributed by atoms with Gasteiger partial charge in [0.15, 0.2) is 0 Å². The normalized spacial score (nSPS) is 32.5. The van der Waals surface area contributed by atoms with Crippen molar-refractivity contribution in [2.75, 3.05) is 24.6 Å². The molecule has 3 atom stereocenters. The van der Waals surface area contributed by atoms with E-state index in [4.69, 9.17) is 0 Å². The molecule has 1 saturated heterocycles. The van der Waals surface area contributed by atoms with Crippen LogP contribution in [-0.2, 0) is 9.59 Å². The molecule has 1 saturated carbocycles. The summed E-state index contributed by atoms with van der Waals surface area (Å²) >= 11 is 1.86. The molecule has 0 bridgehead atoms. The fourth-order valence-corrected chi connectivity index (χ4v) is 3.94. The van der Waals surface area contributed by atoms with E-state index in [1.807, 2.05) is 16.7 Å². The summed E-state index contributed by atoms with van der Waals surface area (Å²) in [6.07, 6.45) is 2.41. The lowest BCUT2D eigenvalue weighted by molar-refractivity contribution is -0.149. The maximum atomic E-state index is 12.4. The molecule has 4 nitrogen and oxygen atoms in total. The van der Waals surface area contributed by atoms with Crippen LogP contribution in [0.2, 0.25) is 0 Å². The Kier molecular flexibility index (Phi) is 4.54. The molecule has 1 aliphatic carbocycles. The van der Waals surface area contributed by atoms with Crippen molar-refractivity contribution in [1.29, 1.82) is 0 Å². The van der Waals surface area contributed by atoms with E-state index < -0.39 is 11.9 Å². The van der Waals surface area contributed by atoms with Crippen LogP contribution in [0.1, 0.15) is 26.2 Å². The number of hydrogen-bond acceptors (Lipinski definition) is 3. The van der Waals surface area contributed by atoms with Gasteiger partial charge < -0.3 is 10.0 Å². The molecule has 1 amide bonds. The quantitative estimate of drug-likeness (QED) is 0.849. The lowest BCUT2D eigenvalue weighted by Crippen LogP contribution is -2.43. The average molecular weight is 271 g/mol. The van der Waals surface area contributed by atoms with Crippen LogP contribution in [0.3, 0.4) is 0 Å². The summed E-state index contributed by atoms with van der Waals surface area (Å²) in [5.41, 5.74) is 0. The minimum absolute atomic E-state index is 0.0821. The maximum Gasteiger partial charge on any atom is 0.307 e. The van der Waals surface area contributed by atoms with Crippen molar-refractivity contribution in [2.45, 2.75) is 26.2 Å². The van der Waals surface area contributed by atoms with Gasteiger partial charge >= 0.3 is 5.97 Å². The highest BCUT2D eigenvalue weighted by Gasteiger charge is 2.43. The van der Waals surface area contributed by atoms with Crippen LogP contribution in [0.5, 0.6) is 0 Å². The van der Waals surface area contributed by atoms with E-state index in [0.29, 0.717) is 12.3 Å². The van der Waals surface area contributed by atoms with Gasteiger partial charge in [-0.1, -0.05) is 13.3 Å². The van der Waals surface area contributed by atoms with E-state index in [1.165, 1.54) is 0 Å². The van der Waals surface area contributed by atoms with E-state index in [9.17, 15) is 14.7 Å². The van der Waals surface area contributed by atoms with Crippen molar-refractivity contribution >= 4 is 23.6 Å². The number of carbonyl (C=O) groups excluding carboxylic acids is 1. The molecule has 1 unspecified atom stereocenters. The van der Waals surface area contributed by atoms with Gasteiger partial charge in [-0.2, -0.15) is 11.8 Å². The van der Waals surface area contributed by atoms with Crippen molar-refractivity contribution < 1.29 is 14.7 Å². The third-order valence-electron chi connectivity index (χ3n) is 4.19. The van der Waals surface area contributed by atoms with Crippen LogP contribution in [0, 0.1) is 17.8 Å². The van der Waals surface area contributed by atoms with E-state index in [-0.39, 0.29) is 11.8 Å². The Labute approximate surface area is 112 Å². The van der Waals surface area contributed by atoms with Crippen molar-refractivity contribution in [2.24, 2.45) is 17.8 Å². The first-order valence-corrected chi connectivity index (χ1v) is 7.88. The van der Waals surface area contributed by atoms with Gasteiger partial charge in [0, 0.05) is 24.6 Å². The number of carboxylic acid groups (broad SMARTS) is 1. The molecule has 5 heteroatoms. The molecule has 2 rings (SSSR count). The molecule has 0 spiro atoms. The highest BCUT2D eigenvalue weighted by Crippen LogP contribution is 2.39. The van der Waals surface area contributed by atoms with Gasteiger partial charge in [-0.05, 0) is 18.8 Å². The maximum absolute atomic E-state index is 12.4. The third-order valence-corrected chi connectivity index (χ3v) is 5.14. The second-order valence-electron chi connectivity index (χ2n) is 5.23. The molecule has 18 heavy (non-hydrogen) atoms. The number of carbonyl (C=O) groups is 2. The second kappa shape index (κ2) is 5.95. The second-order valence-corrected chi connectivity index (χ2v) is 6.46. The van der Waals surface area contributed by atoms with Crippen LogP contribution in [0.4, 0.5) is 0 Å². The van der Waals surface area contributed by atoms with Gasteiger partial charge in [0.1, 0.15) is 0 Å². The van der Waals surface area contributed by atoms with Gasteiger partial charge in [-0.3, -0.25) is 9.59 Å². The van der Waals surface area contributed by atoms with E-state index >= 15 is 0 Å². The van der Waals surface area contributed by atoms with Crippen molar-refractivity contribution in [3.63, 3.8) is 0 Å². The molecule has 2 fully saturated rings. The summed E-state index contributed by atoms with van der Waals surface area (Å²) in [5.74, 6) is 0.905. The van der Waals surface area contributed by atoms with Crippen LogP contribution < -0.4 is 0 Å². The molecule has 102 valence electrons. The van der Waals surface area contributed by atoms with Crippen LogP contribution >= 0.6 is 11.8 Å². The fraction of sp³-hybridized carbons (Fsp3) is 0.846. The Morgan fingerprint density at radius 3 is 2.39 bits per heavy atom. The minimum atomic E-state index is -0.796. The number of amides is 1. The van der Waals surface area contributed by atoms with E-state index in [1.54, 1.807) is 0 Å². The van der Waals surface area contributed by atoms with Crippen molar-refractivity contribution in [3.8, 4) is 0 Å².